The summed E-state index contributed by atoms with van der Waals surface area (Å²) in [5.41, 5.74) is 9.84. The third kappa shape index (κ3) is 5.51. The van der Waals surface area contributed by atoms with Gasteiger partial charge in [0.25, 0.3) is 5.91 Å². The Labute approximate surface area is 154 Å². The zero-order valence-electron chi connectivity index (χ0n) is 15.2. The van der Waals surface area contributed by atoms with Crippen LogP contribution < -0.4 is 20.6 Å². The Morgan fingerprint density at radius 2 is 1.96 bits per heavy atom. The first-order valence-corrected chi connectivity index (χ1v) is 8.73. The molecule has 0 aliphatic rings. The number of nitrogens with two attached hydrogens (primary N) is 1. The molecule has 138 valence electrons. The minimum atomic E-state index is -0.357. The fourth-order valence-corrected chi connectivity index (χ4v) is 2.25. The van der Waals surface area contributed by atoms with Crippen molar-refractivity contribution in [3.8, 4) is 11.5 Å². The van der Waals surface area contributed by atoms with Gasteiger partial charge >= 0.3 is 0 Å². The summed E-state index contributed by atoms with van der Waals surface area (Å²) in [4.78, 5) is 12.1. The van der Waals surface area contributed by atoms with Crippen molar-refractivity contribution in [2.24, 2.45) is 5.10 Å². The van der Waals surface area contributed by atoms with E-state index in [0.717, 1.165) is 18.4 Å². The van der Waals surface area contributed by atoms with Gasteiger partial charge in [-0.15, -0.1) is 0 Å². The lowest BCUT2D eigenvalue weighted by molar-refractivity contribution is 0.0956. The van der Waals surface area contributed by atoms with E-state index >= 15 is 0 Å². The number of carbonyl (C=O) groups excluding carboxylic acids is 1. The summed E-state index contributed by atoms with van der Waals surface area (Å²) in [6.07, 6.45) is 3.61. The molecule has 0 bridgehead atoms. The molecular weight excluding hydrogens is 330 g/mol. The summed E-state index contributed by atoms with van der Waals surface area (Å²) in [5.74, 6) is 1.01. The molecule has 0 heterocycles. The van der Waals surface area contributed by atoms with Gasteiger partial charge in [-0.05, 0) is 49.2 Å². The highest BCUT2D eigenvalue weighted by atomic mass is 16.5. The van der Waals surface area contributed by atoms with Gasteiger partial charge in [0.2, 0.25) is 0 Å². The summed E-state index contributed by atoms with van der Waals surface area (Å²) in [7, 11) is 0. The van der Waals surface area contributed by atoms with Gasteiger partial charge in [-0.25, -0.2) is 5.43 Å². The van der Waals surface area contributed by atoms with Crippen LogP contribution in [0.25, 0.3) is 0 Å². The van der Waals surface area contributed by atoms with E-state index in [2.05, 4.69) is 17.5 Å². The first-order chi connectivity index (χ1) is 12.7. The standard InChI is InChI=1S/C20H25N3O3/c1-3-5-12-26-18-11-10-15(13-19(18)25-4-2)14-22-23-20(24)16-8-6-7-9-17(16)21/h6-11,13-14H,3-5,12,21H2,1-2H3,(H,23,24)/b22-14-. The molecule has 0 unspecified atom stereocenters. The van der Waals surface area contributed by atoms with Crippen molar-refractivity contribution in [1.82, 2.24) is 5.43 Å². The second-order valence-electron chi connectivity index (χ2n) is 5.63. The highest BCUT2D eigenvalue weighted by molar-refractivity contribution is 5.99. The van der Waals surface area contributed by atoms with Crippen molar-refractivity contribution < 1.29 is 14.3 Å². The van der Waals surface area contributed by atoms with E-state index < -0.39 is 0 Å². The number of nitrogen functional groups attached to an aromatic ring is 1. The average Bonchev–Trinajstić information content (AvgIpc) is 2.64. The number of hydrazone groups is 1. The maximum atomic E-state index is 12.1. The van der Waals surface area contributed by atoms with Gasteiger partial charge in [-0.2, -0.15) is 5.10 Å². The van der Waals surface area contributed by atoms with E-state index in [4.69, 9.17) is 15.2 Å². The van der Waals surface area contributed by atoms with E-state index in [1.54, 1.807) is 30.5 Å². The number of rotatable bonds is 9. The minimum absolute atomic E-state index is 0.357. The molecule has 0 atom stereocenters. The first kappa shape index (κ1) is 19.3. The lowest BCUT2D eigenvalue weighted by Gasteiger charge is -2.12. The van der Waals surface area contributed by atoms with Crippen LogP contribution >= 0.6 is 0 Å². The molecule has 26 heavy (non-hydrogen) atoms. The molecule has 2 rings (SSSR count). The largest absolute Gasteiger partial charge is 0.490 e. The normalized spacial score (nSPS) is 10.7. The molecule has 0 spiro atoms. The van der Waals surface area contributed by atoms with Crippen molar-refractivity contribution >= 4 is 17.8 Å². The molecule has 6 nitrogen and oxygen atoms in total. The Morgan fingerprint density at radius 1 is 1.15 bits per heavy atom. The van der Waals surface area contributed by atoms with Crippen LogP contribution in [0.1, 0.15) is 42.6 Å². The molecule has 3 N–H and O–H groups in total. The summed E-state index contributed by atoms with van der Waals surface area (Å²) >= 11 is 0. The number of benzene rings is 2. The molecule has 6 heteroatoms. The van der Waals surface area contributed by atoms with Crippen molar-refractivity contribution in [2.45, 2.75) is 26.7 Å². The minimum Gasteiger partial charge on any atom is -0.490 e. The fraction of sp³-hybridized carbons (Fsp3) is 0.300. The fourth-order valence-electron chi connectivity index (χ4n) is 2.25. The second-order valence-corrected chi connectivity index (χ2v) is 5.63. The lowest BCUT2D eigenvalue weighted by atomic mass is 10.2. The van der Waals surface area contributed by atoms with Crippen LogP contribution in [0.15, 0.2) is 47.6 Å². The van der Waals surface area contributed by atoms with Crippen molar-refractivity contribution in [2.75, 3.05) is 18.9 Å². The molecule has 0 aliphatic carbocycles. The molecule has 2 aromatic carbocycles. The Balaban J connectivity index is 2.04. The Hall–Kier alpha value is -3.02. The third-order valence-corrected chi connectivity index (χ3v) is 3.61. The summed E-state index contributed by atoms with van der Waals surface area (Å²) in [6.45, 7) is 5.22. The topological polar surface area (TPSA) is 85.9 Å². The summed E-state index contributed by atoms with van der Waals surface area (Å²) in [5, 5.41) is 3.99. The van der Waals surface area contributed by atoms with Crippen LogP contribution in [0.3, 0.4) is 0 Å². The van der Waals surface area contributed by atoms with Crippen molar-refractivity contribution in [3.63, 3.8) is 0 Å². The third-order valence-electron chi connectivity index (χ3n) is 3.61. The number of para-hydroxylation sites is 1. The van der Waals surface area contributed by atoms with Crippen molar-refractivity contribution in [1.29, 1.82) is 0 Å². The van der Waals surface area contributed by atoms with Gasteiger partial charge in [0.05, 0.1) is 25.0 Å². The number of hydrogen-bond acceptors (Lipinski definition) is 5. The molecule has 0 aromatic heterocycles. The summed E-state index contributed by atoms with van der Waals surface area (Å²) in [6, 6.07) is 12.4. The smallest absolute Gasteiger partial charge is 0.273 e. The zero-order valence-corrected chi connectivity index (χ0v) is 15.2. The van der Waals surface area contributed by atoms with E-state index in [-0.39, 0.29) is 5.91 Å². The number of nitrogens with zero attached hydrogens (tertiary/aromatic N) is 1. The molecule has 2 aromatic rings. The monoisotopic (exact) mass is 355 g/mol. The van der Waals surface area contributed by atoms with E-state index in [0.29, 0.717) is 36.0 Å². The lowest BCUT2D eigenvalue weighted by Crippen LogP contribution is -2.19. The number of anilines is 1. The first-order valence-electron chi connectivity index (χ1n) is 8.73. The van der Waals surface area contributed by atoms with Gasteiger partial charge < -0.3 is 15.2 Å². The van der Waals surface area contributed by atoms with Crippen LogP contribution in [0, 0.1) is 0 Å². The van der Waals surface area contributed by atoms with Gasteiger partial charge in [0.1, 0.15) is 0 Å². The van der Waals surface area contributed by atoms with Gasteiger partial charge in [0, 0.05) is 5.69 Å². The number of amides is 1. The van der Waals surface area contributed by atoms with Gasteiger partial charge in [-0.3, -0.25) is 4.79 Å². The van der Waals surface area contributed by atoms with Crippen LogP contribution in [-0.2, 0) is 0 Å². The maximum Gasteiger partial charge on any atom is 0.273 e. The van der Waals surface area contributed by atoms with Crippen LogP contribution in [0.5, 0.6) is 11.5 Å². The van der Waals surface area contributed by atoms with E-state index in [1.807, 2.05) is 25.1 Å². The Morgan fingerprint density at radius 3 is 2.69 bits per heavy atom. The SMILES string of the molecule is CCCCOc1ccc(/C=N\NC(=O)c2ccccc2N)cc1OCC. The Bertz CT molecular complexity index is 760. The molecule has 0 saturated heterocycles. The summed E-state index contributed by atoms with van der Waals surface area (Å²) < 4.78 is 11.4. The molecule has 0 fully saturated rings. The number of nitrogens with one attached hydrogen (secondary N) is 1. The molecule has 0 saturated carbocycles. The second kappa shape index (κ2) is 10.1. The predicted octanol–water partition coefficient (Wildman–Crippen LogP) is 3.61. The predicted molar refractivity (Wildman–Crippen MR) is 104 cm³/mol. The highest BCUT2D eigenvalue weighted by Crippen LogP contribution is 2.28. The quantitative estimate of drug-likeness (QED) is 0.311. The highest BCUT2D eigenvalue weighted by Gasteiger charge is 2.08. The maximum absolute atomic E-state index is 12.1. The van der Waals surface area contributed by atoms with Crippen molar-refractivity contribution in [3.05, 3.63) is 53.6 Å². The van der Waals surface area contributed by atoms with Crippen LogP contribution in [0.4, 0.5) is 5.69 Å². The van der Waals surface area contributed by atoms with Crippen LogP contribution in [-0.4, -0.2) is 25.3 Å². The van der Waals surface area contributed by atoms with Gasteiger partial charge in [-0.1, -0.05) is 25.5 Å². The molecule has 0 aliphatic heterocycles. The molecule has 0 radical (unpaired) electrons. The average molecular weight is 355 g/mol. The number of hydrogen-bond donors (Lipinski definition) is 2. The van der Waals surface area contributed by atoms with E-state index in [9.17, 15) is 4.79 Å². The zero-order chi connectivity index (χ0) is 18.8. The Kier molecular flexibility index (Phi) is 7.49. The number of ether oxygens (including phenoxy) is 2. The van der Waals surface area contributed by atoms with Gasteiger partial charge in [0.15, 0.2) is 11.5 Å². The number of unbranched alkanes of at least 4 members (excludes halogenated alkanes) is 1. The van der Waals surface area contributed by atoms with Crippen LogP contribution in [0.2, 0.25) is 0 Å². The number of carbonyl (C=O) groups is 1. The molecule has 1 amide bonds. The van der Waals surface area contributed by atoms with E-state index in [1.165, 1.54) is 0 Å². The molecular formula is C20H25N3O3.